The number of hydrogen-bond donors (Lipinski definition) is 1. The fraction of sp³-hybridized carbons (Fsp3) is 0.409. The molecule has 2 aromatic rings. The van der Waals surface area contributed by atoms with Gasteiger partial charge in [0.2, 0.25) is 5.91 Å². The molecule has 1 heterocycles. The Labute approximate surface area is 169 Å². The molecular formula is C22H25NO4S. The van der Waals surface area contributed by atoms with Gasteiger partial charge in [-0.25, -0.2) is 0 Å². The van der Waals surface area contributed by atoms with Gasteiger partial charge >= 0.3 is 0 Å². The standard InChI is InChI=1S/C22H25NO4S/c1-2-25-17-6-8-18(9-7-17)28-14-21(24)23-22(15-3-4-15)16-5-10-19-20(13-16)27-12-11-26-19/h5-10,13,15,22H,2-4,11-12,14H2,1H3,(H,23,24). The van der Waals surface area contributed by atoms with Gasteiger partial charge in [0.05, 0.1) is 18.4 Å². The summed E-state index contributed by atoms with van der Waals surface area (Å²) in [6.45, 7) is 3.76. The number of carbonyl (C=O) groups excluding carboxylic acids is 1. The van der Waals surface area contributed by atoms with Crippen molar-refractivity contribution in [2.45, 2.75) is 30.7 Å². The lowest BCUT2D eigenvalue weighted by atomic mass is 10.0. The first-order valence-corrected chi connectivity index (χ1v) is 10.8. The molecule has 1 unspecified atom stereocenters. The minimum Gasteiger partial charge on any atom is -0.494 e. The summed E-state index contributed by atoms with van der Waals surface area (Å²) < 4.78 is 16.8. The van der Waals surface area contributed by atoms with Crippen LogP contribution in [0.15, 0.2) is 47.4 Å². The number of carbonyl (C=O) groups is 1. The van der Waals surface area contributed by atoms with Crippen LogP contribution in [0.25, 0.3) is 0 Å². The SMILES string of the molecule is CCOc1ccc(SCC(=O)NC(c2ccc3c(c2)OCCO3)C2CC2)cc1. The summed E-state index contributed by atoms with van der Waals surface area (Å²) in [4.78, 5) is 13.6. The smallest absolute Gasteiger partial charge is 0.230 e. The van der Waals surface area contributed by atoms with Crippen molar-refractivity contribution in [2.75, 3.05) is 25.6 Å². The molecule has 1 N–H and O–H groups in total. The van der Waals surface area contributed by atoms with E-state index in [1.807, 2.05) is 49.4 Å². The van der Waals surface area contributed by atoms with Gasteiger partial charge in [-0.3, -0.25) is 4.79 Å². The Morgan fingerprint density at radius 3 is 2.61 bits per heavy atom. The van der Waals surface area contributed by atoms with E-state index in [0.29, 0.717) is 31.5 Å². The van der Waals surface area contributed by atoms with E-state index < -0.39 is 0 Å². The first kappa shape index (κ1) is 19.0. The minimum absolute atomic E-state index is 0.0317. The molecule has 4 rings (SSSR count). The first-order chi connectivity index (χ1) is 13.7. The van der Waals surface area contributed by atoms with E-state index in [-0.39, 0.29) is 11.9 Å². The molecule has 28 heavy (non-hydrogen) atoms. The highest BCUT2D eigenvalue weighted by Crippen LogP contribution is 2.43. The molecule has 1 amide bonds. The molecule has 1 aliphatic heterocycles. The number of thioether (sulfide) groups is 1. The monoisotopic (exact) mass is 399 g/mol. The lowest BCUT2D eigenvalue weighted by Crippen LogP contribution is -2.31. The first-order valence-electron chi connectivity index (χ1n) is 9.77. The molecule has 5 nitrogen and oxygen atoms in total. The highest BCUT2D eigenvalue weighted by molar-refractivity contribution is 8.00. The van der Waals surface area contributed by atoms with Crippen LogP contribution in [0.5, 0.6) is 17.2 Å². The number of benzene rings is 2. The van der Waals surface area contributed by atoms with Crippen LogP contribution in [0.3, 0.4) is 0 Å². The van der Waals surface area contributed by atoms with E-state index in [2.05, 4.69) is 5.32 Å². The lowest BCUT2D eigenvalue weighted by molar-refractivity contribution is -0.119. The number of nitrogens with one attached hydrogen (secondary N) is 1. The van der Waals surface area contributed by atoms with Gasteiger partial charge in [-0.15, -0.1) is 11.8 Å². The Balaban J connectivity index is 1.36. The van der Waals surface area contributed by atoms with Gasteiger partial charge < -0.3 is 19.5 Å². The van der Waals surface area contributed by atoms with E-state index in [9.17, 15) is 4.79 Å². The Morgan fingerprint density at radius 1 is 1.14 bits per heavy atom. The number of rotatable bonds is 8. The van der Waals surface area contributed by atoms with Gasteiger partial charge in [-0.05, 0) is 67.6 Å². The molecule has 1 fully saturated rings. The normalized spacial score (nSPS) is 16.3. The van der Waals surface area contributed by atoms with Crippen LogP contribution in [0.2, 0.25) is 0 Å². The van der Waals surface area contributed by atoms with Crippen molar-refractivity contribution in [1.29, 1.82) is 0 Å². The van der Waals surface area contributed by atoms with Gasteiger partial charge in [-0.2, -0.15) is 0 Å². The maximum Gasteiger partial charge on any atom is 0.230 e. The highest BCUT2D eigenvalue weighted by Gasteiger charge is 2.34. The molecule has 1 aliphatic carbocycles. The second kappa shape index (κ2) is 8.78. The van der Waals surface area contributed by atoms with E-state index in [4.69, 9.17) is 14.2 Å². The Bertz CT molecular complexity index is 820. The van der Waals surface area contributed by atoms with Crippen LogP contribution in [0, 0.1) is 5.92 Å². The Hall–Kier alpha value is -2.34. The summed E-state index contributed by atoms with van der Waals surface area (Å²) in [5, 5.41) is 3.22. The zero-order valence-corrected chi connectivity index (χ0v) is 16.8. The minimum atomic E-state index is 0.0317. The number of amides is 1. The summed E-state index contributed by atoms with van der Waals surface area (Å²) in [5.74, 6) is 3.34. The quantitative estimate of drug-likeness (QED) is 0.674. The second-order valence-electron chi connectivity index (χ2n) is 6.98. The van der Waals surface area contributed by atoms with Crippen molar-refractivity contribution in [3.8, 4) is 17.2 Å². The lowest BCUT2D eigenvalue weighted by Gasteiger charge is -2.23. The third-order valence-corrected chi connectivity index (χ3v) is 5.85. The van der Waals surface area contributed by atoms with Gasteiger partial charge in [-0.1, -0.05) is 6.07 Å². The van der Waals surface area contributed by atoms with E-state index >= 15 is 0 Å². The van der Waals surface area contributed by atoms with Crippen molar-refractivity contribution < 1.29 is 19.0 Å². The zero-order chi connectivity index (χ0) is 19.3. The van der Waals surface area contributed by atoms with Gasteiger partial charge in [0.1, 0.15) is 19.0 Å². The molecule has 0 aromatic heterocycles. The van der Waals surface area contributed by atoms with E-state index in [1.165, 1.54) is 11.8 Å². The summed E-state index contributed by atoms with van der Waals surface area (Å²) in [7, 11) is 0. The average Bonchev–Trinajstić information content (AvgIpc) is 3.56. The third kappa shape index (κ3) is 4.73. The molecule has 1 saturated carbocycles. The van der Waals surface area contributed by atoms with Crippen LogP contribution >= 0.6 is 11.8 Å². The van der Waals surface area contributed by atoms with Crippen LogP contribution in [0.1, 0.15) is 31.4 Å². The molecule has 0 spiro atoms. The van der Waals surface area contributed by atoms with Gasteiger partial charge in [0, 0.05) is 4.90 Å². The largest absolute Gasteiger partial charge is 0.494 e. The van der Waals surface area contributed by atoms with Gasteiger partial charge in [0.15, 0.2) is 11.5 Å². The van der Waals surface area contributed by atoms with E-state index in [0.717, 1.165) is 40.5 Å². The van der Waals surface area contributed by atoms with Crippen LogP contribution in [-0.2, 0) is 4.79 Å². The maximum absolute atomic E-state index is 12.6. The molecule has 0 saturated heterocycles. The fourth-order valence-corrected chi connectivity index (χ4v) is 4.03. The predicted molar refractivity (Wildman–Crippen MR) is 109 cm³/mol. The highest BCUT2D eigenvalue weighted by atomic mass is 32.2. The van der Waals surface area contributed by atoms with Crippen LogP contribution < -0.4 is 19.5 Å². The van der Waals surface area contributed by atoms with Crippen molar-refractivity contribution in [3.63, 3.8) is 0 Å². The Morgan fingerprint density at radius 2 is 1.89 bits per heavy atom. The summed E-state index contributed by atoms with van der Waals surface area (Å²) >= 11 is 1.54. The molecule has 0 radical (unpaired) electrons. The maximum atomic E-state index is 12.6. The second-order valence-corrected chi connectivity index (χ2v) is 8.03. The van der Waals surface area contributed by atoms with Crippen molar-refractivity contribution in [2.24, 2.45) is 5.92 Å². The molecule has 2 aromatic carbocycles. The number of fused-ring (bicyclic) bond motifs is 1. The van der Waals surface area contributed by atoms with E-state index in [1.54, 1.807) is 0 Å². The number of ether oxygens (including phenoxy) is 3. The van der Waals surface area contributed by atoms with Gasteiger partial charge in [0.25, 0.3) is 0 Å². The third-order valence-electron chi connectivity index (χ3n) is 4.84. The summed E-state index contributed by atoms with van der Waals surface area (Å²) in [6.07, 6.45) is 2.29. The molecule has 0 bridgehead atoms. The van der Waals surface area contributed by atoms with Crippen molar-refractivity contribution >= 4 is 17.7 Å². The van der Waals surface area contributed by atoms with Crippen LogP contribution in [-0.4, -0.2) is 31.5 Å². The van der Waals surface area contributed by atoms with Crippen molar-refractivity contribution in [1.82, 2.24) is 5.32 Å². The molecular weight excluding hydrogens is 374 g/mol. The molecule has 1 atom stereocenters. The predicted octanol–water partition coefficient (Wildman–Crippen LogP) is 4.22. The average molecular weight is 400 g/mol. The van der Waals surface area contributed by atoms with Crippen molar-refractivity contribution in [3.05, 3.63) is 48.0 Å². The molecule has 148 valence electrons. The summed E-state index contributed by atoms with van der Waals surface area (Å²) in [5.41, 5.74) is 1.09. The van der Waals surface area contributed by atoms with Crippen LogP contribution in [0.4, 0.5) is 0 Å². The zero-order valence-electron chi connectivity index (χ0n) is 16.0. The fourth-order valence-electron chi connectivity index (χ4n) is 3.32. The molecule has 2 aliphatic rings. The molecule has 6 heteroatoms. The number of hydrogen-bond acceptors (Lipinski definition) is 5. The Kier molecular flexibility index (Phi) is 5.95. The topological polar surface area (TPSA) is 56.8 Å². The summed E-state index contributed by atoms with van der Waals surface area (Å²) in [6, 6.07) is 13.9.